The second kappa shape index (κ2) is 9.32. The number of carbonyl (C=O) groups excluding carboxylic acids is 1. The first kappa shape index (κ1) is 22.9. The summed E-state index contributed by atoms with van der Waals surface area (Å²) in [5.41, 5.74) is 3.49. The lowest BCUT2D eigenvalue weighted by molar-refractivity contribution is -0.121. The third kappa shape index (κ3) is 4.76. The van der Waals surface area contributed by atoms with Gasteiger partial charge in [0.05, 0.1) is 33.3 Å². The van der Waals surface area contributed by atoms with Crippen molar-refractivity contribution in [3.05, 3.63) is 54.6 Å². The van der Waals surface area contributed by atoms with Gasteiger partial charge in [-0.05, 0) is 36.8 Å². The molecule has 2 aromatic heterocycles. The number of nitrogens with zero attached hydrogens (tertiary/aromatic N) is 5. The molecule has 0 saturated heterocycles. The molecule has 33 heavy (non-hydrogen) atoms. The minimum atomic E-state index is -3.52. The fourth-order valence-electron chi connectivity index (χ4n) is 3.80. The minimum absolute atomic E-state index is 0.0339. The number of sulfonamides is 1. The largest absolute Gasteiger partial charge is 0.356 e. The van der Waals surface area contributed by atoms with E-state index in [0.29, 0.717) is 24.9 Å². The zero-order valence-electron chi connectivity index (χ0n) is 19.0. The molecule has 1 N–H and O–H groups in total. The number of benzene rings is 2. The smallest absolute Gasteiger partial charge is 0.242 e. The molecule has 0 bridgehead atoms. The molecule has 4 rings (SSSR count). The predicted molar refractivity (Wildman–Crippen MR) is 127 cm³/mol. The van der Waals surface area contributed by atoms with Gasteiger partial charge in [0.2, 0.25) is 15.9 Å². The molecule has 174 valence electrons. The van der Waals surface area contributed by atoms with Crippen LogP contribution in [0.3, 0.4) is 0 Å². The van der Waals surface area contributed by atoms with Crippen molar-refractivity contribution in [2.24, 2.45) is 7.05 Å². The summed E-state index contributed by atoms with van der Waals surface area (Å²) >= 11 is 0. The van der Waals surface area contributed by atoms with Gasteiger partial charge in [-0.25, -0.2) is 22.7 Å². The molecule has 0 atom stereocenters. The molecule has 0 fully saturated rings. The van der Waals surface area contributed by atoms with Crippen LogP contribution >= 0.6 is 0 Å². The zero-order chi connectivity index (χ0) is 23.6. The van der Waals surface area contributed by atoms with Crippen LogP contribution < -0.4 is 5.32 Å². The quantitative estimate of drug-likeness (QED) is 0.380. The number of aryl methyl sites for hydroxylation is 3. The number of hydrogen-bond acceptors (Lipinski definition) is 5. The normalized spacial score (nSPS) is 12.1. The number of para-hydroxylation sites is 2. The van der Waals surface area contributed by atoms with Gasteiger partial charge in [-0.2, -0.15) is 0 Å². The van der Waals surface area contributed by atoms with E-state index in [1.165, 1.54) is 18.4 Å². The van der Waals surface area contributed by atoms with Gasteiger partial charge in [-0.15, -0.1) is 0 Å². The van der Waals surface area contributed by atoms with Crippen LogP contribution in [0.5, 0.6) is 0 Å². The number of aromatic nitrogens is 4. The van der Waals surface area contributed by atoms with Crippen LogP contribution in [0.1, 0.15) is 18.7 Å². The van der Waals surface area contributed by atoms with E-state index in [-0.39, 0.29) is 10.8 Å². The van der Waals surface area contributed by atoms with E-state index in [2.05, 4.69) is 19.9 Å². The van der Waals surface area contributed by atoms with Gasteiger partial charge in [0.15, 0.2) is 0 Å². The van der Waals surface area contributed by atoms with Gasteiger partial charge in [0, 0.05) is 47.1 Å². The zero-order valence-corrected chi connectivity index (χ0v) is 19.8. The number of imidazole rings is 2. The minimum Gasteiger partial charge on any atom is -0.356 e. The second-order valence-corrected chi connectivity index (χ2v) is 10.3. The van der Waals surface area contributed by atoms with Crippen LogP contribution in [0.2, 0.25) is 0 Å². The monoisotopic (exact) mass is 468 g/mol. The van der Waals surface area contributed by atoms with Crippen LogP contribution in [-0.2, 0) is 34.8 Å². The molecule has 1 amide bonds. The summed E-state index contributed by atoms with van der Waals surface area (Å²) in [7, 11) is 1.35. The van der Waals surface area contributed by atoms with Crippen molar-refractivity contribution in [2.75, 3.05) is 20.6 Å². The fourth-order valence-corrected chi connectivity index (χ4v) is 4.73. The van der Waals surface area contributed by atoms with E-state index in [9.17, 15) is 13.2 Å². The molecule has 9 nitrogen and oxygen atoms in total. The molecule has 0 radical (unpaired) electrons. The maximum atomic E-state index is 12.4. The van der Waals surface area contributed by atoms with Crippen LogP contribution in [-0.4, -0.2) is 58.4 Å². The predicted octanol–water partition coefficient (Wildman–Crippen LogP) is 2.31. The summed E-state index contributed by atoms with van der Waals surface area (Å²) in [5.74, 6) is 0.706. The Bertz CT molecular complexity index is 1400. The Morgan fingerprint density at radius 1 is 1.09 bits per heavy atom. The van der Waals surface area contributed by atoms with Crippen molar-refractivity contribution in [3.8, 4) is 0 Å². The van der Waals surface area contributed by atoms with Crippen molar-refractivity contribution in [2.45, 2.75) is 30.7 Å². The topological polar surface area (TPSA) is 102 Å². The highest BCUT2D eigenvalue weighted by molar-refractivity contribution is 7.89. The molecular formula is C23H28N6O3S. The van der Waals surface area contributed by atoms with Crippen molar-refractivity contribution < 1.29 is 13.2 Å². The average molecular weight is 469 g/mol. The summed E-state index contributed by atoms with van der Waals surface area (Å²) in [6, 6.07) is 12.9. The Hall–Kier alpha value is -3.24. The van der Waals surface area contributed by atoms with E-state index in [1.54, 1.807) is 18.2 Å². The molecule has 0 aliphatic rings. The van der Waals surface area contributed by atoms with Crippen LogP contribution in [0.15, 0.2) is 53.7 Å². The maximum absolute atomic E-state index is 12.4. The lowest BCUT2D eigenvalue weighted by atomic mass is 10.2. The van der Waals surface area contributed by atoms with Gasteiger partial charge in [-0.1, -0.05) is 12.1 Å². The van der Waals surface area contributed by atoms with Gasteiger partial charge < -0.3 is 14.5 Å². The third-order valence-electron chi connectivity index (χ3n) is 5.72. The van der Waals surface area contributed by atoms with E-state index in [0.717, 1.165) is 35.3 Å². The van der Waals surface area contributed by atoms with Gasteiger partial charge in [0.25, 0.3) is 0 Å². The molecule has 0 saturated carbocycles. The van der Waals surface area contributed by atoms with E-state index in [1.807, 2.05) is 42.2 Å². The summed E-state index contributed by atoms with van der Waals surface area (Å²) in [5, 5.41) is 2.96. The summed E-state index contributed by atoms with van der Waals surface area (Å²) in [4.78, 5) is 21.5. The molecular weight excluding hydrogens is 440 g/mol. The van der Waals surface area contributed by atoms with E-state index < -0.39 is 10.0 Å². The van der Waals surface area contributed by atoms with Crippen LogP contribution in [0.4, 0.5) is 0 Å². The first-order valence-corrected chi connectivity index (χ1v) is 12.3. The third-order valence-corrected chi connectivity index (χ3v) is 7.54. The average Bonchev–Trinajstić information content (AvgIpc) is 3.35. The van der Waals surface area contributed by atoms with Crippen molar-refractivity contribution in [3.63, 3.8) is 0 Å². The van der Waals surface area contributed by atoms with Gasteiger partial charge >= 0.3 is 0 Å². The second-order valence-electron chi connectivity index (χ2n) is 8.16. The fraction of sp³-hybridized carbons (Fsp3) is 0.348. The standard InChI is InChI=1S/C23H28N6O3S/c1-27(2)33(31,32)17-9-10-20-19(15-17)26-22(28(20)3)11-12-23(30)24-13-6-14-29-16-25-18-7-4-5-8-21(18)29/h4-5,7-10,15-16H,6,11-14H2,1-3H3,(H,24,30). The molecule has 0 spiro atoms. The first-order valence-electron chi connectivity index (χ1n) is 10.8. The number of fused-ring (bicyclic) bond motifs is 2. The first-order chi connectivity index (χ1) is 15.8. The van der Waals surface area contributed by atoms with E-state index >= 15 is 0 Å². The van der Waals surface area contributed by atoms with Crippen molar-refractivity contribution in [1.82, 2.24) is 28.7 Å². The number of amides is 1. The molecule has 2 heterocycles. The SMILES string of the molecule is CN(C)S(=O)(=O)c1ccc2c(c1)nc(CCC(=O)NCCCn1cnc3ccccc31)n2C. The number of hydrogen-bond donors (Lipinski definition) is 1. The van der Waals surface area contributed by atoms with Gasteiger partial charge in [0.1, 0.15) is 5.82 Å². The number of rotatable bonds is 9. The highest BCUT2D eigenvalue weighted by atomic mass is 32.2. The van der Waals surface area contributed by atoms with Crippen molar-refractivity contribution in [1.29, 1.82) is 0 Å². The Kier molecular flexibility index (Phi) is 6.48. The lowest BCUT2D eigenvalue weighted by Gasteiger charge is -2.10. The molecule has 4 aromatic rings. The Balaban J connectivity index is 1.31. The molecule has 0 aliphatic carbocycles. The van der Waals surface area contributed by atoms with Gasteiger partial charge in [-0.3, -0.25) is 4.79 Å². The summed E-state index contributed by atoms with van der Waals surface area (Å²) < 4.78 is 29.9. The van der Waals surface area contributed by atoms with Crippen molar-refractivity contribution >= 4 is 38.0 Å². The Labute approximate surface area is 193 Å². The Morgan fingerprint density at radius 3 is 2.67 bits per heavy atom. The van der Waals surface area contributed by atoms with Crippen LogP contribution in [0.25, 0.3) is 22.1 Å². The highest BCUT2D eigenvalue weighted by Crippen LogP contribution is 2.22. The molecule has 2 aromatic carbocycles. The van der Waals surface area contributed by atoms with Crippen LogP contribution in [0, 0.1) is 0 Å². The number of nitrogens with one attached hydrogen (secondary N) is 1. The molecule has 10 heteroatoms. The summed E-state index contributed by atoms with van der Waals surface area (Å²) in [6.45, 7) is 1.36. The number of carbonyl (C=O) groups is 1. The Morgan fingerprint density at radius 2 is 1.88 bits per heavy atom. The maximum Gasteiger partial charge on any atom is 0.242 e. The highest BCUT2D eigenvalue weighted by Gasteiger charge is 2.19. The molecule has 0 aliphatic heterocycles. The lowest BCUT2D eigenvalue weighted by Crippen LogP contribution is -2.25. The summed E-state index contributed by atoms with van der Waals surface area (Å²) in [6.07, 6.45) is 3.42. The van der Waals surface area contributed by atoms with E-state index in [4.69, 9.17) is 0 Å². The molecule has 0 unspecified atom stereocenters.